The predicted molar refractivity (Wildman–Crippen MR) is 290 cm³/mol. The first kappa shape index (κ1) is 39.8. The zero-order valence-electron chi connectivity index (χ0n) is 37.8. The summed E-state index contributed by atoms with van der Waals surface area (Å²) in [7, 11) is 0. The molecule has 0 saturated carbocycles. The third-order valence-corrected chi connectivity index (χ3v) is 13.9. The highest BCUT2D eigenvalue weighted by molar-refractivity contribution is 6.17. The average Bonchev–Trinajstić information content (AvgIpc) is 4.14. The molecule has 328 valence electrons. The quantitative estimate of drug-likeness (QED) is 0.152. The van der Waals surface area contributed by atoms with E-state index in [4.69, 9.17) is 13.3 Å². The summed E-state index contributed by atoms with van der Waals surface area (Å²) < 4.78 is 19.1. The second-order valence-corrected chi connectivity index (χ2v) is 17.9. The van der Waals surface area contributed by atoms with E-state index in [0.29, 0.717) is 0 Å². The van der Waals surface area contributed by atoms with Gasteiger partial charge in [-0.3, -0.25) is 0 Å². The number of hydrogen-bond acceptors (Lipinski definition) is 4. The van der Waals surface area contributed by atoms with Crippen LogP contribution in [-0.4, -0.2) is 0 Å². The smallest absolute Gasteiger partial charge is 0.143 e. The Morgan fingerprint density at radius 2 is 0.557 bits per heavy atom. The molecule has 0 bridgehead atoms. The van der Waals surface area contributed by atoms with Crippen molar-refractivity contribution in [2.75, 3.05) is 4.90 Å². The molecule has 0 fully saturated rings. The van der Waals surface area contributed by atoms with Crippen molar-refractivity contribution < 1.29 is 13.3 Å². The van der Waals surface area contributed by atoms with Crippen LogP contribution in [0.2, 0.25) is 0 Å². The highest BCUT2D eigenvalue weighted by Crippen LogP contribution is 2.44. The fourth-order valence-electron chi connectivity index (χ4n) is 10.6. The van der Waals surface area contributed by atoms with Crippen molar-refractivity contribution in [2.45, 2.75) is 0 Å². The van der Waals surface area contributed by atoms with E-state index in [-0.39, 0.29) is 0 Å². The summed E-state index contributed by atoms with van der Waals surface area (Å²) in [5.74, 6) is 0. The highest BCUT2D eigenvalue weighted by Gasteiger charge is 2.20. The molecule has 11 aromatic carbocycles. The number of fused-ring (bicyclic) bond motifs is 9. The molecular formula is C66H41NO3. The maximum atomic E-state index is 6.58. The molecule has 4 nitrogen and oxygen atoms in total. The fraction of sp³-hybridized carbons (Fsp3) is 0. The number of hydrogen-bond donors (Lipinski definition) is 0. The van der Waals surface area contributed by atoms with Crippen molar-refractivity contribution in [3.63, 3.8) is 0 Å². The van der Waals surface area contributed by atoms with E-state index in [0.717, 1.165) is 139 Å². The normalized spacial score (nSPS) is 11.7. The van der Waals surface area contributed by atoms with Gasteiger partial charge < -0.3 is 18.2 Å². The Morgan fingerprint density at radius 3 is 1.06 bits per heavy atom. The van der Waals surface area contributed by atoms with Crippen LogP contribution in [0.1, 0.15) is 0 Å². The Morgan fingerprint density at radius 1 is 0.214 bits per heavy atom. The second kappa shape index (κ2) is 16.2. The highest BCUT2D eigenvalue weighted by atomic mass is 16.3. The number of furan rings is 3. The van der Waals surface area contributed by atoms with Crippen molar-refractivity contribution in [1.29, 1.82) is 0 Å². The third-order valence-electron chi connectivity index (χ3n) is 13.9. The Bertz CT molecular complexity index is 4100. The van der Waals surface area contributed by atoms with Crippen molar-refractivity contribution in [1.82, 2.24) is 0 Å². The minimum atomic E-state index is 0.889. The molecule has 0 aliphatic carbocycles. The van der Waals surface area contributed by atoms with Gasteiger partial charge in [-0.1, -0.05) is 176 Å². The van der Waals surface area contributed by atoms with E-state index >= 15 is 0 Å². The molecule has 0 radical (unpaired) electrons. The van der Waals surface area contributed by atoms with Gasteiger partial charge in [0, 0.05) is 54.9 Å². The van der Waals surface area contributed by atoms with Crippen LogP contribution in [0.25, 0.3) is 121 Å². The van der Waals surface area contributed by atoms with Crippen molar-refractivity contribution in [3.8, 4) is 55.6 Å². The lowest BCUT2D eigenvalue weighted by molar-refractivity contribution is 0.668. The van der Waals surface area contributed by atoms with Crippen molar-refractivity contribution in [3.05, 3.63) is 249 Å². The average molecular weight is 896 g/mol. The molecule has 4 heteroatoms. The molecule has 0 spiro atoms. The molecule has 3 aromatic heterocycles. The lowest BCUT2D eigenvalue weighted by atomic mass is 9.93. The van der Waals surface area contributed by atoms with Crippen LogP contribution in [0.15, 0.2) is 262 Å². The van der Waals surface area contributed by atoms with Crippen LogP contribution in [0.3, 0.4) is 0 Å². The number of anilines is 3. The zero-order valence-corrected chi connectivity index (χ0v) is 37.8. The van der Waals surface area contributed by atoms with E-state index in [1.54, 1.807) is 0 Å². The number of rotatable bonds is 8. The monoisotopic (exact) mass is 895 g/mol. The summed E-state index contributed by atoms with van der Waals surface area (Å²) in [5.41, 5.74) is 19.9. The Kier molecular flexibility index (Phi) is 9.17. The second-order valence-electron chi connectivity index (χ2n) is 17.9. The Balaban J connectivity index is 0.829. The van der Waals surface area contributed by atoms with Crippen molar-refractivity contribution in [2.24, 2.45) is 0 Å². The van der Waals surface area contributed by atoms with Gasteiger partial charge in [-0.25, -0.2) is 0 Å². The molecular weight excluding hydrogens is 855 g/mol. The van der Waals surface area contributed by atoms with Crippen LogP contribution in [0.4, 0.5) is 17.1 Å². The van der Waals surface area contributed by atoms with Gasteiger partial charge in [0.1, 0.15) is 33.5 Å². The van der Waals surface area contributed by atoms with Crippen LogP contribution < -0.4 is 4.90 Å². The summed E-state index contributed by atoms with van der Waals surface area (Å²) in [5, 5.41) is 6.75. The van der Waals surface area contributed by atoms with Gasteiger partial charge in [0.05, 0.1) is 0 Å². The van der Waals surface area contributed by atoms with Gasteiger partial charge >= 0.3 is 0 Å². The van der Waals surface area contributed by atoms with E-state index in [1.165, 1.54) is 0 Å². The molecule has 0 saturated heterocycles. The lowest BCUT2D eigenvalue weighted by Gasteiger charge is -2.26. The van der Waals surface area contributed by atoms with Gasteiger partial charge in [0.15, 0.2) is 0 Å². The summed E-state index contributed by atoms with van der Waals surface area (Å²) in [6, 6.07) is 88.1. The van der Waals surface area contributed by atoms with Crippen LogP contribution in [0.5, 0.6) is 0 Å². The fourth-order valence-corrected chi connectivity index (χ4v) is 10.6. The molecule has 0 unspecified atom stereocenters. The Labute approximate surface area is 403 Å². The summed E-state index contributed by atoms with van der Waals surface area (Å²) in [4.78, 5) is 2.34. The van der Waals surface area contributed by atoms with Gasteiger partial charge in [0.2, 0.25) is 0 Å². The van der Waals surface area contributed by atoms with E-state index in [9.17, 15) is 0 Å². The summed E-state index contributed by atoms with van der Waals surface area (Å²) in [6.07, 6.45) is 0. The van der Waals surface area contributed by atoms with E-state index < -0.39 is 0 Å². The molecule has 14 aromatic rings. The molecule has 70 heavy (non-hydrogen) atoms. The van der Waals surface area contributed by atoms with E-state index in [2.05, 4.69) is 217 Å². The molecule has 0 aliphatic heterocycles. The molecule has 0 aliphatic rings. The Hall–Kier alpha value is -9.38. The van der Waals surface area contributed by atoms with Crippen LogP contribution in [0, 0.1) is 0 Å². The summed E-state index contributed by atoms with van der Waals surface area (Å²) in [6.45, 7) is 0. The van der Waals surface area contributed by atoms with Gasteiger partial charge in [0.25, 0.3) is 0 Å². The first-order valence-corrected chi connectivity index (χ1v) is 23.7. The number of benzene rings is 11. The molecule has 0 amide bonds. The number of para-hydroxylation sites is 3. The molecule has 14 rings (SSSR count). The standard InChI is InChI=1S/C66H41NO3/c1-2-12-44(13-3-1)54-41-40-53(65-57-16-6-9-21-60(57)70-66(54)65)45-26-24-42(25-27-45)43-28-34-48(35-29-43)67(49-36-30-46(31-37-49)51-17-10-22-61-63(51)55-14-4-7-19-58(55)68-61)50-38-32-47(33-39-50)52-18-11-23-62-64(52)56-15-5-8-20-59(56)69-62/h1-41H. The zero-order chi connectivity index (χ0) is 46.1. The number of nitrogens with zero attached hydrogens (tertiary/aromatic N) is 1. The van der Waals surface area contributed by atoms with Gasteiger partial charge in [-0.05, 0) is 123 Å². The van der Waals surface area contributed by atoms with E-state index in [1.807, 2.05) is 36.4 Å². The predicted octanol–water partition coefficient (Wildman–Crippen LogP) is 19.2. The minimum absolute atomic E-state index is 0.889. The largest absolute Gasteiger partial charge is 0.456 e. The van der Waals surface area contributed by atoms with Crippen LogP contribution >= 0.6 is 0 Å². The minimum Gasteiger partial charge on any atom is -0.456 e. The molecule has 0 atom stereocenters. The molecule has 0 N–H and O–H groups in total. The molecule has 3 heterocycles. The SMILES string of the molecule is c1ccc(-c2ccc(-c3ccc(-c4ccc(N(c5ccc(-c6cccc7oc8ccccc8c67)cc5)c5ccc(-c6cccc7oc8ccccc8c67)cc5)cc4)cc3)c3c2oc2ccccc23)cc1. The first-order valence-electron chi connectivity index (χ1n) is 23.7. The van der Waals surface area contributed by atoms with Gasteiger partial charge in [-0.15, -0.1) is 0 Å². The lowest BCUT2D eigenvalue weighted by Crippen LogP contribution is -2.09. The topological polar surface area (TPSA) is 42.7 Å². The summed E-state index contributed by atoms with van der Waals surface area (Å²) >= 11 is 0. The van der Waals surface area contributed by atoms with Crippen LogP contribution in [-0.2, 0) is 0 Å². The first-order chi connectivity index (χ1) is 34.7. The third kappa shape index (κ3) is 6.53. The maximum absolute atomic E-state index is 6.58. The van der Waals surface area contributed by atoms with Gasteiger partial charge in [-0.2, -0.15) is 0 Å². The maximum Gasteiger partial charge on any atom is 0.143 e. The van der Waals surface area contributed by atoms with Crippen molar-refractivity contribution >= 4 is 82.9 Å².